The van der Waals surface area contributed by atoms with Crippen molar-refractivity contribution < 1.29 is 4.74 Å². The molecular weight excluding hydrogens is 295 g/mol. The van der Waals surface area contributed by atoms with E-state index in [-0.39, 0.29) is 6.61 Å². The fourth-order valence-electron chi connectivity index (χ4n) is 1.68. The van der Waals surface area contributed by atoms with Crippen LogP contribution in [-0.2, 0) is 6.54 Å². The molecule has 0 aromatic heterocycles. The van der Waals surface area contributed by atoms with Crippen molar-refractivity contribution in [2.24, 2.45) is 0 Å². The molecule has 0 bridgehead atoms. The number of nitrogens with one attached hydrogen (secondary N) is 1. The van der Waals surface area contributed by atoms with Gasteiger partial charge >= 0.3 is 0 Å². The minimum Gasteiger partial charge on any atom is -0.479 e. The molecule has 0 atom stereocenters. The van der Waals surface area contributed by atoms with Crippen LogP contribution < -0.4 is 10.1 Å². The van der Waals surface area contributed by atoms with Gasteiger partial charge in [0.2, 0.25) is 0 Å². The molecule has 102 valence electrons. The Kier molecular flexibility index (Phi) is 5.11. The molecule has 0 aliphatic carbocycles. The van der Waals surface area contributed by atoms with Gasteiger partial charge in [0, 0.05) is 22.3 Å². The first-order valence-corrected chi connectivity index (χ1v) is 6.71. The summed E-state index contributed by atoms with van der Waals surface area (Å²) in [4.78, 5) is 0. The van der Waals surface area contributed by atoms with E-state index in [9.17, 15) is 0 Å². The van der Waals surface area contributed by atoms with Crippen LogP contribution in [0.4, 0.5) is 5.69 Å². The molecule has 0 heterocycles. The molecule has 2 rings (SSSR count). The zero-order chi connectivity index (χ0) is 14.4. The van der Waals surface area contributed by atoms with Crippen molar-refractivity contribution in [3.05, 3.63) is 58.1 Å². The lowest BCUT2D eigenvalue weighted by Crippen LogP contribution is -1.99. The molecule has 20 heavy (non-hydrogen) atoms. The molecule has 0 aliphatic heterocycles. The van der Waals surface area contributed by atoms with Gasteiger partial charge in [0.05, 0.1) is 0 Å². The Morgan fingerprint density at radius 2 is 1.70 bits per heavy atom. The highest BCUT2D eigenvalue weighted by atomic mass is 35.5. The van der Waals surface area contributed by atoms with Crippen LogP contribution in [0.5, 0.6) is 5.75 Å². The number of hydrogen-bond acceptors (Lipinski definition) is 3. The number of benzene rings is 2. The standard InChI is InChI=1S/C15H12Cl2N2O/c16-12-7-13(17)9-14(8-12)19-10-11-1-3-15(4-2-11)20-6-5-18/h1-4,7-9,19H,6,10H2. The monoisotopic (exact) mass is 306 g/mol. The van der Waals surface area contributed by atoms with Gasteiger partial charge in [-0.25, -0.2) is 0 Å². The van der Waals surface area contributed by atoms with Crippen molar-refractivity contribution in [1.82, 2.24) is 0 Å². The summed E-state index contributed by atoms with van der Waals surface area (Å²) in [5, 5.41) is 12.9. The van der Waals surface area contributed by atoms with E-state index in [2.05, 4.69) is 5.32 Å². The van der Waals surface area contributed by atoms with Crippen LogP contribution in [0.15, 0.2) is 42.5 Å². The quantitative estimate of drug-likeness (QED) is 0.884. The smallest absolute Gasteiger partial charge is 0.174 e. The van der Waals surface area contributed by atoms with Crippen LogP contribution in [0.3, 0.4) is 0 Å². The second-order valence-electron chi connectivity index (χ2n) is 4.10. The molecule has 0 radical (unpaired) electrons. The van der Waals surface area contributed by atoms with Crippen molar-refractivity contribution >= 4 is 28.9 Å². The molecule has 0 spiro atoms. The highest BCUT2D eigenvalue weighted by Crippen LogP contribution is 2.23. The average molecular weight is 307 g/mol. The molecule has 3 nitrogen and oxygen atoms in total. The molecule has 2 aromatic carbocycles. The third-order valence-electron chi connectivity index (χ3n) is 2.59. The van der Waals surface area contributed by atoms with Crippen LogP contribution in [0.1, 0.15) is 5.56 Å². The first kappa shape index (κ1) is 14.5. The summed E-state index contributed by atoms with van der Waals surface area (Å²) >= 11 is 11.9. The number of halogens is 2. The van der Waals surface area contributed by atoms with Crippen LogP contribution >= 0.6 is 23.2 Å². The molecule has 2 aromatic rings. The Labute approximate surface area is 127 Å². The predicted molar refractivity (Wildman–Crippen MR) is 81.3 cm³/mol. The van der Waals surface area contributed by atoms with Gasteiger partial charge in [-0.15, -0.1) is 0 Å². The van der Waals surface area contributed by atoms with Gasteiger partial charge in [-0.05, 0) is 35.9 Å². The van der Waals surface area contributed by atoms with Gasteiger partial charge in [0.15, 0.2) is 6.61 Å². The molecule has 0 aliphatic rings. The SMILES string of the molecule is N#CCOc1ccc(CNc2cc(Cl)cc(Cl)c2)cc1. The molecule has 0 saturated heterocycles. The third-order valence-corrected chi connectivity index (χ3v) is 3.02. The van der Waals surface area contributed by atoms with E-state index < -0.39 is 0 Å². The molecule has 0 saturated carbocycles. The van der Waals surface area contributed by atoms with Gasteiger partial charge in [0.25, 0.3) is 0 Å². The van der Waals surface area contributed by atoms with E-state index in [0.29, 0.717) is 22.3 Å². The molecule has 0 fully saturated rings. The summed E-state index contributed by atoms with van der Waals surface area (Å²) in [6.07, 6.45) is 0. The molecule has 0 unspecified atom stereocenters. The highest BCUT2D eigenvalue weighted by molar-refractivity contribution is 6.35. The summed E-state index contributed by atoms with van der Waals surface area (Å²) in [6, 6.07) is 14.8. The topological polar surface area (TPSA) is 45.0 Å². The Hall–Kier alpha value is -1.89. The summed E-state index contributed by atoms with van der Waals surface area (Å²) in [7, 11) is 0. The van der Waals surface area contributed by atoms with Crippen LogP contribution in [0.25, 0.3) is 0 Å². The van der Waals surface area contributed by atoms with Crippen molar-refractivity contribution in [1.29, 1.82) is 5.26 Å². The lowest BCUT2D eigenvalue weighted by atomic mass is 10.2. The van der Waals surface area contributed by atoms with E-state index in [4.69, 9.17) is 33.2 Å². The van der Waals surface area contributed by atoms with Crippen LogP contribution in [-0.4, -0.2) is 6.61 Å². The largest absolute Gasteiger partial charge is 0.479 e. The first-order valence-electron chi connectivity index (χ1n) is 5.96. The van der Waals surface area contributed by atoms with E-state index in [1.807, 2.05) is 42.5 Å². The number of nitrogens with zero attached hydrogens (tertiary/aromatic N) is 1. The zero-order valence-corrected chi connectivity index (χ0v) is 12.1. The maximum absolute atomic E-state index is 8.43. The Bertz CT molecular complexity index is 601. The van der Waals surface area contributed by atoms with Gasteiger partial charge in [-0.1, -0.05) is 35.3 Å². The van der Waals surface area contributed by atoms with Gasteiger partial charge in [0.1, 0.15) is 11.8 Å². The third kappa shape index (κ3) is 4.34. The van der Waals surface area contributed by atoms with Crippen LogP contribution in [0.2, 0.25) is 10.0 Å². The molecule has 0 amide bonds. The van der Waals surface area contributed by atoms with Gasteiger partial charge in [-0.2, -0.15) is 5.26 Å². The van der Waals surface area contributed by atoms with Crippen molar-refractivity contribution in [2.45, 2.75) is 6.54 Å². The molecular formula is C15H12Cl2N2O. The van der Waals surface area contributed by atoms with Gasteiger partial charge in [-0.3, -0.25) is 0 Å². The fourth-order valence-corrected chi connectivity index (χ4v) is 2.21. The maximum atomic E-state index is 8.43. The lowest BCUT2D eigenvalue weighted by molar-refractivity contribution is 0.368. The summed E-state index contributed by atoms with van der Waals surface area (Å²) in [5.74, 6) is 0.682. The van der Waals surface area contributed by atoms with E-state index >= 15 is 0 Å². The summed E-state index contributed by atoms with van der Waals surface area (Å²) in [6.45, 7) is 0.702. The molecule has 1 N–H and O–H groups in total. The number of hydrogen-bond donors (Lipinski definition) is 1. The van der Waals surface area contributed by atoms with Gasteiger partial charge < -0.3 is 10.1 Å². The zero-order valence-electron chi connectivity index (χ0n) is 10.6. The van der Waals surface area contributed by atoms with E-state index in [0.717, 1.165) is 11.3 Å². The van der Waals surface area contributed by atoms with Crippen molar-refractivity contribution in [3.63, 3.8) is 0 Å². The van der Waals surface area contributed by atoms with E-state index in [1.54, 1.807) is 6.07 Å². The molecule has 5 heteroatoms. The van der Waals surface area contributed by atoms with Crippen molar-refractivity contribution in [2.75, 3.05) is 11.9 Å². The Morgan fingerprint density at radius 3 is 2.30 bits per heavy atom. The first-order chi connectivity index (χ1) is 9.67. The number of nitriles is 1. The number of rotatable bonds is 5. The second-order valence-corrected chi connectivity index (χ2v) is 4.98. The predicted octanol–water partition coefficient (Wildman–Crippen LogP) is 4.51. The lowest BCUT2D eigenvalue weighted by Gasteiger charge is -2.08. The Balaban J connectivity index is 1.95. The van der Waals surface area contributed by atoms with Crippen LogP contribution in [0, 0.1) is 11.3 Å². The second kappa shape index (κ2) is 7.04. The fraction of sp³-hybridized carbons (Fsp3) is 0.133. The Morgan fingerprint density at radius 1 is 1.05 bits per heavy atom. The number of anilines is 1. The average Bonchev–Trinajstić information content (AvgIpc) is 2.43. The minimum atomic E-state index is 0.0542. The normalized spacial score (nSPS) is 9.85. The maximum Gasteiger partial charge on any atom is 0.174 e. The van der Waals surface area contributed by atoms with E-state index in [1.165, 1.54) is 0 Å². The highest BCUT2D eigenvalue weighted by Gasteiger charge is 1.99. The van der Waals surface area contributed by atoms with Crippen molar-refractivity contribution in [3.8, 4) is 11.8 Å². The minimum absolute atomic E-state index is 0.0542. The summed E-state index contributed by atoms with van der Waals surface area (Å²) < 4.78 is 5.19. The summed E-state index contributed by atoms with van der Waals surface area (Å²) in [5.41, 5.74) is 1.96. The number of ether oxygens (including phenoxy) is 1.